The molecule has 0 radical (unpaired) electrons. The summed E-state index contributed by atoms with van der Waals surface area (Å²) in [5, 5.41) is 7.86. The van der Waals surface area contributed by atoms with E-state index in [4.69, 9.17) is 16.3 Å². The molecule has 0 aromatic carbocycles. The maximum Gasteiger partial charge on any atom is 0.255 e. The van der Waals surface area contributed by atoms with Crippen LogP contribution in [0.25, 0.3) is 5.78 Å². The third kappa shape index (κ3) is 2.70. The molecule has 6 nitrogen and oxygen atoms in total. The Balaban J connectivity index is 2.32. The summed E-state index contributed by atoms with van der Waals surface area (Å²) in [5.74, 6) is 1.65. The lowest BCUT2D eigenvalue weighted by atomic mass is 10.1. The average Bonchev–Trinajstić information content (AvgIpc) is 2.76. The van der Waals surface area contributed by atoms with Gasteiger partial charge in [0.25, 0.3) is 5.78 Å². The topological polar surface area (TPSA) is 64.3 Å². The number of fused-ring (bicyclic) bond motifs is 1. The Bertz CT molecular complexity index is 527. The van der Waals surface area contributed by atoms with Gasteiger partial charge in [0.05, 0.1) is 12.6 Å². The van der Waals surface area contributed by atoms with Crippen molar-refractivity contribution in [1.29, 1.82) is 0 Å². The Labute approximate surface area is 110 Å². The van der Waals surface area contributed by atoms with E-state index >= 15 is 0 Å². The molecule has 18 heavy (non-hydrogen) atoms. The zero-order valence-electron chi connectivity index (χ0n) is 10.6. The standard InChI is InChI=1S/C11H16ClN5O/c1-7(2)8(5-18-3)15-10-4-9(12)16-11-13-6-14-17(10)11/h4,6-8,15H,5H2,1-3H3. The van der Waals surface area contributed by atoms with Gasteiger partial charge in [0.1, 0.15) is 17.3 Å². The van der Waals surface area contributed by atoms with E-state index < -0.39 is 0 Å². The van der Waals surface area contributed by atoms with Crippen molar-refractivity contribution in [2.45, 2.75) is 19.9 Å². The summed E-state index contributed by atoms with van der Waals surface area (Å²) >= 11 is 5.96. The fourth-order valence-corrected chi connectivity index (χ4v) is 1.84. The van der Waals surface area contributed by atoms with Crippen LogP contribution in [-0.2, 0) is 4.74 Å². The monoisotopic (exact) mass is 269 g/mol. The number of nitrogens with one attached hydrogen (secondary N) is 1. The van der Waals surface area contributed by atoms with Crippen LogP contribution >= 0.6 is 11.6 Å². The minimum Gasteiger partial charge on any atom is -0.383 e. The van der Waals surface area contributed by atoms with E-state index in [1.54, 1.807) is 17.7 Å². The van der Waals surface area contributed by atoms with Gasteiger partial charge in [0.2, 0.25) is 0 Å². The number of methoxy groups -OCH3 is 1. The fourth-order valence-electron chi connectivity index (χ4n) is 1.66. The van der Waals surface area contributed by atoms with E-state index in [2.05, 4.69) is 34.2 Å². The van der Waals surface area contributed by atoms with Crippen molar-refractivity contribution in [3.63, 3.8) is 0 Å². The zero-order valence-corrected chi connectivity index (χ0v) is 11.3. The maximum absolute atomic E-state index is 5.96. The van der Waals surface area contributed by atoms with E-state index in [1.807, 2.05) is 0 Å². The van der Waals surface area contributed by atoms with E-state index in [1.165, 1.54) is 6.33 Å². The van der Waals surface area contributed by atoms with Crippen molar-refractivity contribution < 1.29 is 4.74 Å². The predicted octanol–water partition coefficient (Wildman–Crippen LogP) is 1.86. The summed E-state index contributed by atoms with van der Waals surface area (Å²) in [5.41, 5.74) is 0. The number of halogens is 1. The van der Waals surface area contributed by atoms with Gasteiger partial charge in [-0.3, -0.25) is 0 Å². The number of hydrogen-bond acceptors (Lipinski definition) is 5. The van der Waals surface area contributed by atoms with Crippen molar-refractivity contribution in [1.82, 2.24) is 19.6 Å². The van der Waals surface area contributed by atoms with Crippen LogP contribution < -0.4 is 5.32 Å². The molecular formula is C11H16ClN5O. The minimum atomic E-state index is 0.167. The Kier molecular flexibility index (Phi) is 3.98. The molecule has 1 N–H and O–H groups in total. The van der Waals surface area contributed by atoms with Gasteiger partial charge in [-0.25, -0.2) is 0 Å². The van der Waals surface area contributed by atoms with Gasteiger partial charge < -0.3 is 10.1 Å². The SMILES string of the molecule is COCC(Nc1cc(Cl)nc2ncnn12)C(C)C. The maximum atomic E-state index is 5.96. The van der Waals surface area contributed by atoms with Crippen LogP contribution in [-0.4, -0.2) is 39.3 Å². The van der Waals surface area contributed by atoms with Gasteiger partial charge in [0, 0.05) is 13.2 Å². The summed E-state index contributed by atoms with van der Waals surface area (Å²) in [6, 6.07) is 1.90. The molecule has 0 aliphatic heterocycles. The van der Waals surface area contributed by atoms with Crippen LogP contribution in [0, 0.1) is 5.92 Å². The van der Waals surface area contributed by atoms with Gasteiger partial charge in [-0.15, -0.1) is 0 Å². The molecule has 2 aromatic heterocycles. The van der Waals surface area contributed by atoms with Crippen LogP contribution in [0.3, 0.4) is 0 Å². The highest BCUT2D eigenvalue weighted by Gasteiger charge is 2.15. The zero-order chi connectivity index (χ0) is 13.1. The Morgan fingerprint density at radius 3 is 2.94 bits per heavy atom. The van der Waals surface area contributed by atoms with Crippen molar-refractivity contribution in [3.8, 4) is 0 Å². The molecule has 2 heterocycles. The lowest BCUT2D eigenvalue weighted by molar-refractivity contribution is 0.171. The van der Waals surface area contributed by atoms with E-state index in [0.717, 1.165) is 5.82 Å². The van der Waals surface area contributed by atoms with Crippen molar-refractivity contribution >= 4 is 23.2 Å². The summed E-state index contributed by atoms with van der Waals surface area (Å²) in [7, 11) is 1.68. The lowest BCUT2D eigenvalue weighted by Gasteiger charge is -2.22. The number of nitrogens with zero attached hydrogens (tertiary/aromatic N) is 4. The molecular weight excluding hydrogens is 254 g/mol. The van der Waals surface area contributed by atoms with E-state index in [0.29, 0.717) is 23.5 Å². The first kappa shape index (κ1) is 13.0. The smallest absolute Gasteiger partial charge is 0.255 e. The molecule has 0 bridgehead atoms. The van der Waals surface area contributed by atoms with Gasteiger partial charge >= 0.3 is 0 Å². The predicted molar refractivity (Wildman–Crippen MR) is 69.9 cm³/mol. The highest BCUT2D eigenvalue weighted by Crippen LogP contribution is 2.17. The molecule has 98 valence electrons. The molecule has 0 aliphatic rings. The van der Waals surface area contributed by atoms with Crippen LogP contribution in [0.1, 0.15) is 13.8 Å². The van der Waals surface area contributed by atoms with Gasteiger partial charge in [0.15, 0.2) is 0 Å². The molecule has 2 rings (SSSR count). The van der Waals surface area contributed by atoms with E-state index in [-0.39, 0.29) is 6.04 Å². The fraction of sp³-hybridized carbons (Fsp3) is 0.545. The molecule has 2 aromatic rings. The van der Waals surface area contributed by atoms with Crippen molar-refractivity contribution in [3.05, 3.63) is 17.5 Å². The van der Waals surface area contributed by atoms with Gasteiger partial charge in [-0.1, -0.05) is 25.4 Å². The van der Waals surface area contributed by atoms with E-state index in [9.17, 15) is 0 Å². The van der Waals surface area contributed by atoms with Crippen LogP contribution in [0.15, 0.2) is 12.4 Å². The first-order valence-electron chi connectivity index (χ1n) is 5.73. The number of aromatic nitrogens is 4. The molecule has 0 spiro atoms. The minimum absolute atomic E-state index is 0.167. The highest BCUT2D eigenvalue weighted by atomic mass is 35.5. The summed E-state index contributed by atoms with van der Waals surface area (Å²) in [6.45, 7) is 4.85. The van der Waals surface area contributed by atoms with Gasteiger partial charge in [-0.05, 0) is 5.92 Å². The summed E-state index contributed by atoms with van der Waals surface area (Å²) < 4.78 is 6.83. The first-order valence-corrected chi connectivity index (χ1v) is 6.11. The molecule has 0 saturated heterocycles. The third-order valence-corrected chi connectivity index (χ3v) is 2.90. The molecule has 0 saturated carbocycles. The second-order valence-corrected chi connectivity index (χ2v) is 4.77. The Morgan fingerprint density at radius 2 is 2.28 bits per heavy atom. The molecule has 0 fully saturated rings. The number of ether oxygens (including phenoxy) is 1. The molecule has 7 heteroatoms. The molecule has 0 amide bonds. The number of anilines is 1. The largest absolute Gasteiger partial charge is 0.383 e. The van der Waals surface area contributed by atoms with Crippen LogP contribution in [0.5, 0.6) is 0 Å². The second kappa shape index (κ2) is 5.49. The summed E-state index contributed by atoms with van der Waals surface area (Å²) in [6.07, 6.45) is 1.45. The Hall–Kier alpha value is -1.40. The molecule has 0 aliphatic carbocycles. The average molecular weight is 270 g/mol. The van der Waals surface area contributed by atoms with Gasteiger partial charge in [-0.2, -0.15) is 19.6 Å². The van der Waals surface area contributed by atoms with Crippen molar-refractivity contribution in [2.24, 2.45) is 5.92 Å². The number of rotatable bonds is 5. The Morgan fingerprint density at radius 1 is 1.50 bits per heavy atom. The molecule has 1 unspecified atom stereocenters. The lowest BCUT2D eigenvalue weighted by Crippen LogP contribution is -2.31. The third-order valence-electron chi connectivity index (χ3n) is 2.70. The quantitative estimate of drug-likeness (QED) is 0.840. The normalized spacial score (nSPS) is 13.2. The highest BCUT2D eigenvalue weighted by molar-refractivity contribution is 6.29. The van der Waals surface area contributed by atoms with Crippen LogP contribution in [0.2, 0.25) is 5.15 Å². The molecule has 1 atom stereocenters. The van der Waals surface area contributed by atoms with Crippen LogP contribution in [0.4, 0.5) is 5.82 Å². The van der Waals surface area contributed by atoms with Crippen molar-refractivity contribution in [2.75, 3.05) is 19.0 Å². The first-order chi connectivity index (χ1) is 8.61. The number of hydrogen-bond donors (Lipinski definition) is 1. The summed E-state index contributed by atoms with van der Waals surface area (Å²) in [4.78, 5) is 8.10. The second-order valence-electron chi connectivity index (χ2n) is 4.39.